The molecule has 1 heterocycles. The molecule has 0 aliphatic heterocycles. The van der Waals surface area contributed by atoms with Gasteiger partial charge >= 0.3 is 11.7 Å². The lowest BCUT2D eigenvalue weighted by Crippen LogP contribution is -2.23. The molecule has 0 radical (unpaired) electrons. The van der Waals surface area contributed by atoms with Crippen LogP contribution in [0.2, 0.25) is 0 Å². The first-order valence-electron chi connectivity index (χ1n) is 10.2. The van der Waals surface area contributed by atoms with E-state index in [1.165, 1.54) is 0 Å². The summed E-state index contributed by atoms with van der Waals surface area (Å²) in [5.74, 6) is -0.734. The highest BCUT2D eigenvalue weighted by Gasteiger charge is 2.20. The summed E-state index contributed by atoms with van der Waals surface area (Å²) in [6.07, 6.45) is 4.73. The molecular weight excluding hydrogens is 364 g/mol. The molecule has 152 valence electrons. The summed E-state index contributed by atoms with van der Waals surface area (Å²) >= 11 is 0. The SMILES string of the molecule is Cn1c(-c2ccccc2)c(-c2ccccc2)n(CCCCCCCC(=O)O)c1=O. The monoisotopic (exact) mass is 392 g/mol. The fraction of sp³-hybridized carbons (Fsp3) is 0.333. The highest BCUT2D eigenvalue weighted by atomic mass is 16.4. The summed E-state index contributed by atoms with van der Waals surface area (Å²) in [5, 5.41) is 8.72. The van der Waals surface area contributed by atoms with E-state index in [9.17, 15) is 9.59 Å². The molecule has 5 nitrogen and oxygen atoms in total. The van der Waals surface area contributed by atoms with E-state index in [1.54, 1.807) is 4.57 Å². The van der Waals surface area contributed by atoms with Gasteiger partial charge < -0.3 is 5.11 Å². The van der Waals surface area contributed by atoms with Crippen molar-refractivity contribution in [3.8, 4) is 22.5 Å². The lowest BCUT2D eigenvalue weighted by atomic mass is 10.0. The number of rotatable bonds is 10. The van der Waals surface area contributed by atoms with Gasteiger partial charge in [0.2, 0.25) is 0 Å². The minimum Gasteiger partial charge on any atom is -0.481 e. The average molecular weight is 392 g/mol. The number of hydrogen-bond acceptors (Lipinski definition) is 2. The Balaban J connectivity index is 1.83. The molecule has 3 rings (SSSR count). The van der Waals surface area contributed by atoms with Crippen LogP contribution >= 0.6 is 0 Å². The third-order valence-electron chi connectivity index (χ3n) is 5.21. The zero-order chi connectivity index (χ0) is 20.6. The normalized spacial score (nSPS) is 10.9. The van der Waals surface area contributed by atoms with Gasteiger partial charge in [0.25, 0.3) is 0 Å². The van der Waals surface area contributed by atoms with Crippen molar-refractivity contribution in [2.45, 2.75) is 45.1 Å². The Kier molecular flexibility index (Phi) is 7.06. The molecule has 29 heavy (non-hydrogen) atoms. The number of aromatic nitrogens is 2. The third-order valence-corrected chi connectivity index (χ3v) is 5.21. The summed E-state index contributed by atoms with van der Waals surface area (Å²) in [6, 6.07) is 20.1. The van der Waals surface area contributed by atoms with Crippen LogP contribution in [-0.4, -0.2) is 20.2 Å². The zero-order valence-electron chi connectivity index (χ0n) is 16.9. The summed E-state index contributed by atoms with van der Waals surface area (Å²) in [7, 11) is 1.83. The maximum atomic E-state index is 13.1. The van der Waals surface area contributed by atoms with E-state index < -0.39 is 5.97 Å². The zero-order valence-corrected chi connectivity index (χ0v) is 16.9. The Morgan fingerprint density at radius 2 is 1.31 bits per heavy atom. The smallest absolute Gasteiger partial charge is 0.328 e. The number of benzene rings is 2. The van der Waals surface area contributed by atoms with E-state index in [2.05, 4.69) is 0 Å². The molecule has 0 atom stereocenters. The summed E-state index contributed by atoms with van der Waals surface area (Å²) in [5.41, 5.74) is 3.94. The van der Waals surface area contributed by atoms with Gasteiger partial charge in [0.15, 0.2) is 0 Å². The van der Waals surface area contributed by atoms with Crippen molar-refractivity contribution in [2.75, 3.05) is 0 Å². The Morgan fingerprint density at radius 1 is 0.793 bits per heavy atom. The van der Waals surface area contributed by atoms with Crippen LogP contribution in [0.15, 0.2) is 65.5 Å². The lowest BCUT2D eigenvalue weighted by Gasteiger charge is -2.11. The molecule has 0 bridgehead atoms. The van der Waals surface area contributed by atoms with E-state index in [-0.39, 0.29) is 12.1 Å². The van der Waals surface area contributed by atoms with Crippen LogP contribution in [0.5, 0.6) is 0 Å². The highest BCUT2D eigenvalue weighted by molar-refractivity contribution is 5.79. The highest BCUT2D eigenvalue weighted by Crippen LogP contribution is 2.31. The Morgan fingerprint density at radius 3 is 1.90 bits per heavy atom. The van der Waals surface area contributed by atoms with Crippen molar-refractivity contribution < 1.29 is 9.90 Å². The molecular formula is C24H28N2O3. The van der Waals surface area contributed by atoms with Gasteiger partial charge in [-0.05, 0) is 12.8 Å². The lowest BCUT2D eigenvalue weighted by molar-refractivity contribution is -0.137. The fourth-order valence-electron chi connectivity index (χ4n) is 3.76. The molecule has 0 unspecified atom stereocenters. The van der Waals surface area contributed by atoms with Crippen LogP contribution in [0.25, 0.3) is 22.5 Å². The van der Waals surface area contributed by atoms with Crippen LogP contribution in [0.3, 0.4) is 0 Å². The number of imidazole rings is 1. The van der Waals surface area contributed by atoms with Crippen LogP contribution in [0.4, 0.5) is 0 Å². The van der Waals surface area contributed by atoms with Crippen molar-refractivity contribution in [1.82, 2.24) is 9.13 Å². The van der Waals surface area contributed by atoms with Gasteiger partial charge in [-0.1, -0.05) is 79.9 Å². The van der Waals surface area contributed by atoms with Crippen LogP contribution in [0, 0.1) is 0 Å². The van der Waals surface area contributed by atoms with Crippen LogP contribution in [0.1, 0.15) is 38.5 Å². The first-order chi connectivity index (χ1) is 14.1. The Hall–Kier alpha value is -3.08. The van der Waals surface area contributed by atoms with Crippen molar-refractivity contribution in [3.63, 3.8) is 0 Å². The maximum absolute atomic E-state index is 13.1. The molecule has 0 saturated heterocycles. The van der Waals surface area contributed by atoms with Gasteiger partial charge in [-0.15, -0.1) is 0 Å². The van der Waals surface area contributed by atoms with Crippen LogP contribution in [-0.2, 0) is 18.4 Å². The second-order valence-electron chi connectivity index (χ2n) is 7.33. The molecule has 0 aliphatic rings. The van der Waals surface area contributed by atoms with Gasteiger partial charge in [-0.3, -0.25) is 13.9 Å². The minimum absolute atomic E-state index is 0.00594. The van der Waals surface area contributed by atoms with Crippen molar-refractivity contribution in [3.05, 3.63) is 71.1 Å². The number of carboxylic acid groups (broad SMARTS) is 1. The molecule has 0 fully saturated rings. The van der Waals surface area contributed by atoms with Gasteiger partial charge in [0.1, 0.15) is 0 Å². The summed E-state index contributed by atoms with van der Waals surface area (Å²) in [6.45, 7) is 0.655. The predicted molar refractivity (Wildman–Crippen MR) is 116 cm³/mol. The largest absolute Gasteiger partial charge is 0.481 e. The van der Waals surface area contributed by atoms with Crippen LogP contribution < -0.4 is 5.69 Å². The maximum Gasteiger partial charge on any atom is 0.328 e. The molecule has 1 aromatic heterocycles. The molecule has 3 aromatic rings. The number of unbranched alkanes of at least 4 members (excludes halogenated alkanes) is 4. The van der Waals surface area contributed by atoms with Crippen molar-refractivity contribution in [1.29, 1.82) is 0 Å². The second kappa shape index (κ2) is 9.92. The molecule has 0 amide bonds. The fourth-order valence-corrected chi connectivity index (χ4v) is 3.76. The topological polar surface area (TPSA) is 64.2 Å². The average Bonchev–Trinajstić information content (AvgIpc) is 2.99. The van der Waals surface area contributed by atoms with E-state index in [1.807, 2.05) is 72.3 Å². The number of aliphatic carboxylic acids is 1. The van der Waals surface area contributed by atoms with Gasteiger partial charge in [-0.2, -0.15) is 0 Å². The first kappa shape index (κ1) is 20.6. The molecule has 0 spiro atoms. The van der Waals surface area contributed by atoms with Gasteiger partial charge in [-0.25, -0.2) is 4.79 Å². The number of nitrogens with zero attached hydrogens (tertiary/aromatic N) is 2. The van der Waals surface area contributed by atoms with Gasteiger partial charge in [0, 0.05) is 31.1 Å². The standard InChI is InChI=1S/C24H28N2O3/c1-25-22(19-13-7-5-8-14-19)23(20-15-9-6-10-16-20)26(24(25)29)18-12-4-2-3-11-17-21(27)28/h5-10,13-16H,2-4,11-12,17-18H2,1H3,(H,27,28). The van der Waals surface area contributed by atoms with E-state index in [0.29, 0.717) is 13.0 Å². The summed E-state index contributed by atoms with van der Waals surface area (Å²) < 4.78 is 3.62. The molecule has 0 aliphatic carbocycles. The Labute approximate surface area is 171 Å². The molecule has 1 N–H and O–H groups in total. The second-order valence-corrected chi connectivity index (χ2v) is 7.33. The van der Waals surface area contributed by atoms with E-state index in [0.717, 1.165) is 48.2 Å². The number of hydrogen-bond donors (Lipinski definition) is 1. The summed E-state index contributed by atoms with van der Waals surface area (Å²) in [4.78, 5) is 23.7. The first-order valence-corrected chi connectivity index (χ1v) is 10.2. The van der Waals surface area contributed by atoms with Crippen molar-refractivity contribution in [2.24, 2.45) is 7.05 Å². The quantitative estimate of drug-likeness (QED) is 0.497. The molecule has 0 saturated carbocycles. The van der Waals surface area contributed by atoms with Crippen molar-refractivity contribution >= 4 is 5.97 Å². The third kappa shape index (κ3) is 5.05. The number of carbonyl (C=O) groups is 1. The Bertz CT molecular complexity index is 988. The molecule has 5 heteroatoms. The van der Waals surface area contributed by atoms with E-state index in [4.69, 9.17) is 5.11 Å². The van der Waals surface area contributed by atoms with Gasteiger partial charge in [0.05, 0.1) is 11.4 Å². The van der Waals surface area contributed by atoms with E-state index >= 15 is 0 Å². The molecule has 2 aromatic carbocycles. The number of carboxylic acids is 1. The predicted octanol–water partition coefficient (Wildman–Crippen LogP) is 4.95. The minimum atomic E-state index is -0.734.